The van der Waals surface area contributed by atoms with Crippen LogP contribution in [-0.2, 0) is 51.2 Å². The monoisotopic (exact) mass is 1010 g/mol. The second-order valence-electron chi connectivity index (χ2n) is 18.9. The van der Waals surface area contributed by atoms with Crippen LogP contribution in [0.15, 0.2) is 180 Å². The number of hydrogen-bond acceptors (Lipinski definition) is 10. The molecule has 0 aromatic heterocycles. The van der Waals surface area contributed by atoms with Gasteiger partial charge in [-0.1, -0.05) is 107 Å². The lowest BCUT2D eigenvalue weighted by molar-refractivity contribution is -0.158. The zero-order valence-electron chi connectivity index (χ0n) is 42.8. The van der Waals surface area contributed by atoms with Gasteiger partial charge in [0.15, 0.2) is 11.2 Å². The molecule has 0 spiro atoms. The fourth-order valence-electron chi connectivity index (χ4n) is 8.11. The maximum Gasteiger partial charge on any atom is 0.338 e. The van der Waals surface area contributed by atoms with Crippen molar-refractivity contribution in [3.05, 3.63) is 236 Å². The summed E-state index contributed by atoms with van der Waals surface area (Å²) in [6.45, 7) is 7.94. The maximum atomic E-state index is 13.1. The van der Waals surface area contributed by atoms with E-state index in [0.29, 0.717) is 46.6 Å². The molecule has 0 saturated carbocycles. The van der Waals surface area contributed by atoms with E-state index in [-0.39, 0.29) is 39.3 Å². The molecule has 6 aromatic rings. The smallest absolute Gasteiger partial charge is 0.338 e. The van der Waals surface area contributed by atoms with Gasteiger partial charge in [-0.15, -0.1) is 0 Å². The first-order valence-electron chi connectivity index (χ1n) is 24.7. The summed E-state index contributed by atoms with van der Waals surface area (Å²) in [5, 5.41) is 0. The summed E-state index contributed by atoms with van der Waals surface area (Å²) in [6, 6.07) is 48.0. The molecule has 76 heavy (non-hydrogen) atoms. The van der Waals surface area contributed by atoms with Crippen molar-refractivity contribution in [2.45, 2.75) is 65.0 Å². The van der Waals surface area contributed by atoms with Crippen molar-refractivity contribution in [2.75, 3.05) is 26.4 Å². The highest BCUT2D eigenvalue weighted by molar-refractivity contribution is 5.93. The van der Waals surface area contributed by atoms with E-state index in [1.54, 1.807) is 48.5 Å². The van der Waals surface area contributed by atoms with Crippen LogP contribution in [0, 0.1) is 47.4 Å². The van der Waals surface area contributed by atoms with E-state index >= 15 is 0 Å². The van der Waals surface area contributed by atoms with E-state index in [4.69, 9.17) is 28.4 Å². The summed E-state index contributed by atoms with van der Waals surface area (Å²) < 4.78 is 34.9. The van der Waals surface area contributed by atoms with Gasteiger partial charge in [-0.25, -0.2) is 19.2 Å². The Labute approximate surface area is 444 Å². The van der Waals surface area contributed by atoms with Crippen molar-refractivity contribution in [3.63, 3.8) is 0 Å². The van der Waals surface area contributed by atoms with Crippen LogP contribution < -0.4 is 0 Å². The Morgan fingerprint density at radius 3 is 1.03 bits per heavy atom. The maximum absolute atomic E-state index is 13.1. The second kappa shape index (κ2) is 25.2. The van der Waals surface area contributed by atoms with Gasteiger partial charge in [0, 0.05) is 57.4 Å². The van der Waals surface area contributed by atoms with Gasteiger partial charge in [0.05, 0.1) is 37.6 Å². The fraction of sp³-hybridized carbons (Fsp3) is 0.212. The molecule has 0 aliphatic carbocycles. The van der Waals surface area contributed by atoms with Crippen LogP contribution in [0.4, 0.5) is 0 Å². The number of allylic oxidation sites excluding steroid dienone is 2. The van der Waals surface area contributed by atoms with E-state index < -0.39 is 35.1 Å². The molecule has 2 aliphatic rings. The van der Waals surface area contributed by atoms with Crippen LogP contribution in [0.3, 0.4) is 0 Å². The van der Waals surface area contributed by atoms with Gasteiger partial charge in [0.1, 0.15) is 13.2 Å². The van der Waals surface area contributed by atoms with E-state index in [2.05, 4.69) is 47.4 Å². The molecule has 2 unspecified atom stereocenters. The molecule has 0 bridgehead atoms. The summed E-state index contributed by atoms with van der Waals surface area (Å²) in [4.78, 5) is 51.7. The molecule has 10 nitrogen and oxygen atoms in total. The number of hydrogen-bond donors (Lipinski definition) is 0. The van der Waals surface area contributed by atoms with Crippen LogP contribution in [0.5, 0.6) is 0 Å². The molecule has 6 aromatic carbocycles. The molecule has 2 saturated heterocycles. The molecular weight excluding hydrogens is 953 g/mol. The standard InChI is InChI=1S/C66H54O10/c1-47(2)59-39-65(75-63(59)69,43-71-41-55-15-7-5-8-16-55)45-73-61(67)57-35-31-53(32-36-57)29-27-51-23-19-49(20-24-51)13-11-12-14-50-21-25-52(26-22-50)28-30-54-33-37-58(38-34-54)62(68)74-46-66(40-60(48(3)4)64(70)76-66)44-72-42-56-17-9-6-10-18-56/h5-10,15-26,31-38H,39-46H2,1-4H3. The molecule has 8 rings (SSSR count). The Hall–Kier alpha value is -9.16. The largest absolute Gasteiger partial charge is 0.458 e. The zero-order chi connectivity index (χ0) is 53.3. The third-order valence-corrected chi connectivity index (χ3v) is 12.4. The van der Waals surface area contributed by atoms with Crippen LogP contribution in [0.1, 0.15) is 106 Å². The number of benzene rings is 6. The first-order chi connectivity index (χ1) is 36.8. The molecular formula is C66H54O10. The average molecular weight is 1010 g/mol. The average Bonchev–Trinajstić information content (AvgIpc) is 3.97. The first-order valence-corrected chi connectivity index (χ1v) is 24.7. The van der Waals surface area contributed by atoms with E-state index in [1.165, 1.54) is 0 Å². The number of carbonyl (C=O) groups is 4. The van der Waals surface area contributed by atoms with Gasteiger partial charge in [-0.05, 0) is 148 Å². The highest BCUT2D eigenvalue weighted by Gasteiger charge is 2.47. The third kappa shape index (κ3) is 14.8. The minimum atomic E-state index is -1.12. The zero-order valence-corrected chi connectivity index (χ0v) is 42.8. The van der Waals surface area contributed by atoms with Crippen molar-refractivity contribution >= 4 is 23.9 Å². The van der Waals surface area contributed by atoms with E-state index in [9.17, 15) is 19.2 Å². The summed E-state index contributed by atoms with van der Waals surface area (Å²) in [5.41, 5.74) is 7.83. The van der Waals surface area contributed by atoms with Gasteiger partial charge >= 0.3 is 23.9 Å². The van der Waals surface area contributed by atoms with Crippen LogP contribution in [-0.4, -0.2) is 61.5 Å². The fourth-order valence-corrected chi connectivity index (χ4v) is 8.11. The molecule has 378 valence electrons. The molecule has 0 radical (unpaired) electrons. The van der Waals surface area contributed by atoms with E-state index in [1.807, 2.05) is 137 Å². The lowest BCUT2D eigenvalue weighted by Crippen LogP contribution is -2.40. The Balaban J connectivity index is 0.785. The Bertz CT molecular complexity index is 3180. The van der Waals surface area contributed by atoms with Gasteiger partial charge in [0.2, 0.25) is 0 Å². The molecule has 10 heteroatoms. The van der Waals surface area contributed by atoms with Crippen LogP contribution in [0.2, 0.25) is 0 Å². The molecule has 2 aliphatic heterocycles. The van der Waals surface area contributed by atoms with Crippen LogP contribution in [0.25, 0.3) is 0 Å². The van der Waals surface area contributed by atoms with Crippen molar-refractivity contribution in [3.8, 4) is 47.4 Å². The Morgan fingerprint density at radius 1 is 0.421 bits per heavy atom. The third-order valence-electron chi connectivity index (χ3n) is 12.4. The summed E-state index contributed by atoms with van der Waals surface area (Å²) in [5.74, 6) is 22.6. The molecule has 2 atom stereocenters. The van der Waals surface area contributed by atoms with Crippen molar-refractivity contribution in [1.82, 2.24) is 0 Å². The second-order valence-corrected chi connectivity index (χ2v) is 18.9. The minimum Gasteiger partial charge on any atom is -0.458 e. The minimum absolute atomic E-state index is 0.0753. The number of carbonyl (C=O) groups excluding carboxylic acids is 4. The topological polar surface area (TPSA) is 124 Å². The predicted octanol–water partition coefficient (Wildman–Crippen LogP) is 10.7. The van der Waals surface area contributed by atoms with Crippen molar-refractivity contribution < 1.29 is 47.6 Å². The SMILES string of the molecule is CC(C)=C1CC(COCc2ccccc2)(COC(=O)c2ccc(C#Cc3ccc(C#CC#Cc4ccc(C#Cc5ccc(C(=O)OCC6(COCc7ccccc7)CC(=C(C)C)C(=O)O6)cc5)cc4)cc3)cc2)OC1=O. The number of esters is 4. The van der Waals surface area contributed by atoms with Crippen LogP contribution >= 0.6 is 0 Å². The quantitative estimate of drug-likeness (QED) is 0.0451. The van der Waals surface area contributed by atoms with Crippen molar-refractivity contribution in [2.24, 2.45) is 0 Å². The first kappa shape index (κ1) is 53.1. The number of cyclic esters (lactones) is 2. The summed E-state index contributed by atoms with van der Waals surface area (Å²) in [7, 11) is 0. The molecule has 2 heterocycles. The molecule has 0 amide bonds. The molecule has 2 fully saturated rings. The van der Waals surface area contributed by atoms with Gasteiger partial charge < -0.3 is 28.4 Å². The predicted molar refractivity (Wildman–Crippen MR) is 288 cm³/mol. The number of ether oxygens (including phenoxy) is 6. The van der Waals surface area contributed by atoms with Gasteiger partial charge in [-0.2, -0.15) is 0 Å². The lowest BCUT2D eigenvalue weighted by Gasteiger charge is -2.26. The van der Waals surface area contributed by atoms with Gasteiger partial charge in [0.25, 0.3) is 0 Å². The lowest BCUT2D eigenvalue weighted by atomic mass is 9.97. The molecule has 0 N–H and O–H groups in total. The number of rotatable bonds is 14. The summed E-state index contributed by atoms with van der Waals surface area (Å²) >= 11 is 0. The highest BCUT2D eigenvalue weighted by atomic mass is 16.6. The van der Waals surface area contributed by atoms with E-state index in [0.717, 1.165) is 44.5 Å². The van der Waals surface area contributed by atoms with Gasteiger partial charge in [-0.3, -0.25) is 0 Å². The normalized spacial score (nSPS) is 16.2. The Kier molecular flexibility index (Phi) is 17.6. The Morgan fingerprint density at radius 2 is 0.724 bits per heavy atom. The highest BCUT2D eigenvalue weighted by Crippen LogP contribution is 2.35. The summed E-state index contributed by atoms with van der Waals surface area (Å²) in [6.07, 6.45) is 0.564. The van der Waals surface area contributed by atoms with Crippen molar-refractivity contribution in [1.29, 1.82) is 0 Å².